The minimum Gasteiger partial charge on any atom is -0.258 e. The standard InChI is InChI=1S/C22H13F3N2O2S/c23-22(24,25)18-7-3-1-6-17(18)19-13-30-21(26-19)15-11-9-14(10-12-15)16-5-2-4-8-20(16)27(28)29/h1-13H. The molecule has 4 aromatic rings. The van der Waals surface area contributed by atoms with Crippen LogP contribution in [0.3, 0.4) is 0 Å². The van der Waals surface area contributed by atoms with E-state index in [0.717, 1.165) is 11.6 Å². The molecule has 150 valence electrons. The van der Waals surface area contributed by atoms with E-state index in [2.05, 4.69) is 4.98 Å². The Morgan fingerprint density at radius 3 is 2.10 bits per heavy atom. The van der Waals surface area contributed by atoms with Gasteiger partial charge in [-0.1, -0.05) is 54.6 Å². The van der Waals surface area contributed by atoms with Crippen molar-refractivity contribution < 1.29 is 18.1 Å². The number of aromatic nitrogens is 1. The lowest BCUT2D eigenvalue weighted by Gasteiger charge is -2.10. The van der Waals surface area contributed by atoms with Gasteiger partial charge in [-0.2, -0.15) is 13.2 Å². The summed E-state index contributed by atoms with van der Waals surface area (Å²) in [6.07, 6.45) is -4.47. The van der Waals surface area contributed by atoms with Gasteiger partial charge in [0, 0.05) is 22.6 Å². The molecule has 1 heterocycles. The van der Waals surface area contributed by atoms with E-state index in [1.54, 1.807) is 53.9 Å². The maximum Gasteiger partial charge on any atom is 0.417 e. The van der Waals surface area contributed by atoms with Gasteiger partial charge in [0.1, 0.15) is 5.01 Å². The molecule has 0 saturated heterocycles. The average Bonchev–Trinajstić information content (AvgIpc) is 3.23. The number of halogens is 3. The van der Waals surface area contributed by atoms with Crippen LogP contribution in [0.2, 0.25) is 0 Å². The van der Waals surface area contributed by atoms with Crippen molar-refractivity contribution in [1.29, 1.82) is 0 Å². The van der Waals surface area contributed by atoms with E-state index in [9.17, 15) is 23.3 Å². The molecule has 0 atom stereocenters. The molecule has 0 aliphatic carbocycles. The molecule has 4 rings (SSSR count). The minimum absolute atomic E-state index is 0.00513. The second-order valence-electron chi connectivity index (χ2n) is 6.43. The first-order valence-corrected chi connectivity index (χ1v) is 9.69. The van der Waals surface area contributed by atoms with Crippen LogP contribution in [0.1, 0.15) is 5.56 Å². The fourth-order valence-electron chi connectivity index (χ4n) is 3.15. The van der Waals surface area contributed by atoms with Crippen LogP contribution < -0.4 is 0 Å². The van der Waals surface area contributed by atoms with E-state index in [4.69, 9.17) is 0 Å². The van der Waals surface area contributed by atoms with Gasteiger partial charge in [-0.25, -0.2) is 4.98 Å². The molecule has 0 amide bonds. The zero-order chi connectivity index (χ0) is 21.3. The van der Waals surface area contributed by atoms with Crippen LogP contribution in [-0.4, -0.2) is 9.91 Å². The number of nitrogens with zero attached hydrogens (tertiary/aromatic N) is 2. The quantitative estimate of drug-likeness (QED) is 0.259. The summed E-state index contributed by atoms with van der Waals surface area (Å²) in [4.78, 5) is 15.2. The lowest BCUT2D eigenvalue weighted by Crippen LogP contribution is -2.06. The first-order chi connectivity index (χ1) is 14.3. The van der Waals surface area contributed by atoms with Crippen molar-refractivity contribution in [1.82, 2.24) is 4.98 Å². The van der Waals surface area contributed by atoms with Crippen LogP contribution in [0.5, 0.6) is 0 Å². The summed E-state index contributed by atoms with van der Waals surface area (Å²) in [5, 5.41) is 13.4. The van der Waals surface area contributed by atoms with Crippen molar-refractivity contribution in [3.8, 4) is 33.0 Å². The Kier molecular flexibility index (Phi) is 5.09. The van der Waals surface area contributed by atoms with Gasteiger partial charge in [-0.15, -0.1) is 11.3 Å². The largest absolute Gasteiger partial charge is 0.417 e. The highest BCUT2D eigenvalue weighted by Crippen LogP contribution is 2.39. The van der Waals surface area contributed by atoms with Crippen LogP contribution in [0.25, 0.3) is 33.0 Å². The Bertz CT molecular complexity index is 1220. The maximum atomic E-state index is 13.3. The van der Waals surface area contributed by atoms with Crippen molar-refractivity contribution in [2.75, 3.05) is 0 Å². The van der Waals surface area contributed by atoms with E-state index in [0.29, 0.717) is 16.1 Å². The molecule has 1 aromatic heterocycles. The third-order valence-electron chi connectivity index (χ3n) is 4.56. The van der Waals surface area contributed by atoms with Gasteiger partial charge in [0.15, 0.2) is 0 Å². The number of hydrogen-bond acceptors (Lipinski definition) is 4. The highest BCUT2D eigenvalue weighted by molar-refractivity contribution is 7.13. The minimum atomic E-state index is -4.47. The van der Waals surface area contributed by atoms with Gasteiger partial charge in [0.25, 0.3) is 5.69 Å². The Morgan fingerprint density at radius 2 is 1.43 bits per heavy atom. The number of nitro benzene ring substituents is 1. The molecular weight excluding hydrogens is 413 g/mol. The summed E-state index contributed by atoms with van der Waals surface area (Å²) in [5.74, 6) is 0. The molecule has 0 aliphatic rings. The Labute approximate surface area is 173 Å². The van der Waals surface area contributed by atoms with Crippen LogP contribution in [-0.2, 0) is 6.18 Å². The lowest BCUT2D eigenvalue weighted by atomic mass is 10.0. The number of thiazole rings is 1. The van der Waals surface area contributed by atoms with Crippen LogP contribution in [0.15, 0.2) is 78.2 Å². The van der Waals surface area contributed by atoms with Crippen molar-refractivity contribution in [2.45, 2.75) is 6.18 Å². The van der Waals surface area contributed by atoms with Gasteiger partial charge in [0.2, 0.25) is 0 Å². The summed E-state index contributed by atoms with van der Waals surface area (Å²) < 4.78 is 39.9. The van der Waals surface area contributed by atoms with Crippen molar-refractivity contribution in [2.24, 2.45) is 0 Å². The summed E-state index contributed by atoms with van der Waals surface area (Å²) in [6, 6.07) is 18.8. The van der Waals surface area contributed by atoms with Gasteiger partial charge >= 0.3 is 6.18 Å². The molecule has 30 heavy (non-hydrogen) atoms. The number of hydrogen-bond donors (Lipinski definition) is 0. The monoisotopic (exact) mass is 426 g/mol. The predicted molar refractivity (Wildman–Crippen MR) is 110 cm³/mol. The number of nitro groups is 1. The first kappa shape index (κ1) is 19.8. The lowest BCUT2D eigenvalue weighted by molar-refractivity contribution is -0.384. The van der Waals surface area contributed by atoms with E-state index >= 15 is 0 Å². The number of alkyl halides is 3. The van der Waals surface area contributed by atoms with E-state index < -0.39 is 16.7 Å². The van der Waals surface area contributed by atoms with Gasteiger partial charge in [0.05, 0.1) is 21.7 Å². The third kappa shape index (κ3) is 3.81. The molecular formula is C22H13F3N2O2S. The highest BCUT2D eigenvalue weighted by Gasteiger charge is 2.33. The second kappa shape index (κ2) is 7.72. The SMILES string of the molecule is O=[N+]([O-])c1ccccc1-c1ccc(-c2nc(-c3ccccc3C(F)(F)F)cs2)cc1. The van der Waals surface area contributed by atoms with E-state index in [-0.39, 0.29) is 16.9 Å². The fourth-order valence-corrected chi connectivity index (χ4v) is 3.98. The zero-order valence-corrected chi connectivity index (χ0v) is 16.1. The molecule has 0 unspecified atom stereocenters. The van der Waals surface area contributed by atoms with Crippen molar-refractivity contribution in [3.63, 3.8) is 0 Å². The third-order valence-corrected chi connectivity index (χ3v) is 5.45. The molecule has 0 spiro atoms. The second-order valence-corrected chi connectivity index (χ2v) is 7.29. The first-order valence-electron chi connectivity index (χ1n) is 8.81. The summed E-state index contributed by atoms with van der Waals surface area (Å²) in [7, 11) is 0. The normalized spacial score (nSPS) is 11.4. The number of rotatable bonds is 4. The van der Waals surface area contributed by atoms with Gasteiger partial charge in [-0.05, 0) is 17.7 Å². The molecule has 0 saturated carbocycles. The van der Waals surface area contributed by atoms with Crippen LogP contribution >= 0.6 is 11.3 Å². The molecule has 0 fully saturated rings. The topological polar surface area (TPSA) is 56.0 Å². The fraction of sp³-hybridized carbons (Fsp3) is 0.0455. The Hall–Kier alpha value is -3.52. The van der Waals surface area contributed by atoms with E-state index in [1.807, 2.05) is 0 Å². The average molecular weight is 426 g/mol. The summed E-state index contributed by atoms with van der Waals surface area (Å²) >= 11 is 1.24. The predicted octanol–water partition coefficient (Wildman–Crippen LogP) is 7.07. The van der Waals surface area contributed by atoms with Crippen molar-refractivity contribution >= 4 is 17.0 Å². The summed E-state index contributed by atoms with van der Waals surface area (Å²) in [6.45, 7) is 0. The molecule has 0 aliphatic heterocycles. The number of benzene rings is 3. The highest BCUT2D eigenvalue weighted by atomic mass is 32.1. The van der Waals surface area contributed by atoms with Gasteiger partial charge < -0.3 is 0 Å². The molecule has 0 radical (unpaired) electrons. The maximum absolute atomic E-state index is 13.3. The molecule has 8 heteroatoms. The smallest absolute Gasteiger partial charge is 0.258 e. The molecule has 3 aromatic carbocycles. The molecule has 0 bridgehead atoms. The van der Waals surface area contributed by atoms with Gasteiger partial charge in [-0.3, -0.25) is 10.1 Å². The van der Waals surface area contributed by atoms with Crippen LogP contribution in [0, 0.1) is 10.1 Å². The van der Waals surface area contributed by atoms with E-state index in [1.165, 1.54) is 29.5 Å². The Morgan fingerprint density at radius 1 is 0.833 bits per heavy atom. The summed E-state index contributed by atoms with van der Waals surface area (Å²) in [5.41, 5.74) is 1.45. The molecule has 4 nitrogen and oxygen atoms in total. The Balaban J connectivity index is 1.67. The van der Waals surface area contributed by atoms with Crippen molar-refractivity contribution in [3.05, 3.63) is 93.9 Å². The van der Waals surface area contributed by atoms with Crippen LogP contribution in [0.4, 0.5) is 18.9 Å². The molecule has 0 N–H and O–H groups in total. The number of para-hydroxylation sites is 1. The zero-order valence-electron chi connectivity index (χ0n) is 15.3.